The van der Waals surface area contributed by atoms with Crippen molar-refractivity contribution in [2.75, 3.05) is 6.61 Å². The van der Waals surface area contributed by atoms with Crippen LogP contribution in [0.5, 0.6) is 5.88 Å². The molecular weight excluding hydrogens is 255 g/mol. The van der Waals surface area contributed by atoms with Gasteiger partial charge in [-0.1, -0.05) is 12.8 Å². The van der Waals surface area contributed by atoms with Crippen LogP contribution in [-0.2, 0) is 6.54 Å². The van der Waals surface area contributed by atoms with E-state index in [1.54, 1.807) is 0 Å². The van der Waals surface area contributed by atoms with Crippen LogP contribution in [0.3, 0.4) is 0 Å². The monoisotopic (exact) mass is 280 g/mol. The molecule has 112 valence electrons. The molecule has 0 atom stereocenters. The third kappa shape index (κ3) is 4.75. The number of nitrogens with zero attached hydrogens (tertiary/aromatic N) is 1. The lowest BCUT2D eigenvalue weighted by molar-refractivity contribution is 0.239. The van der Waals surface area contributed by atoms with Crippen molar-refractivity contribution in [2.45, 2.75) is 58.5 Å². The molecule has 0 saturated heterocycles. The Balaban J connectivity index is 1.99. The third-order valence-electron chi connectivity index (χ3n) is 3.63. The molecule has 0 aliphatic heterocycles. The second kappa shape index (κ2) is 6.53. The van der Waals surface area contributed by atoms with E-state index in [1.165, 1.54) is 37.9 Å². The van der Waals surface area contributed by atoms with E-state index in [0.717, 1.165) is 5.56 Å². The maximum Gasteiger partial charge on any atom is 0.218 e. The zero-order valence-corrected chi connectivity index (χ0v) is 12.7. The van der Waals surface area contributed by atoms with Crippen LogP contribution in [-0.4, -0.2) is 17.1 Å². The third-order valence-corrected chi connectivity index (χ3v) is 3.63. The fourth-order valence-corrected chi connectivity index (χ4v) is 2.46. The summed E-state index contributed by atoms with van der Waals surface area (Å²) in [5.41, 5.74) is 0.771. The minimum absolute atomic E-state index is 0.0188. The van der Waals surface area contributed by atoms with Gasteiger partial charge in [-0.15, -0.1) is 0 Å². The van der Waals surface area contributed by atoms with E-state index in [2.05, 4.69) is 31.1 Å². The van der Waals surface area contributed by atoms with Crippen LogP contribution in [0, 0.1) is 11.7 Å². The number of hydrogen-bond acceptors (Lipinski definition) is 3. The SMILES string of the molecule is CC(C)(C)NCc1cc(F)cnc1OCC1CCCC1. The summed E-state index contributed by atoms with van der Waals surface area (Å²) in [6, 6.07) is 1.51. The Bertz CT molecular complexity index is 437. The second-order valence-electron chi connectivity index (χ2n) is 6.68. The molecule has 20 heavy (non-hydrogen) atoms. The van der Waals surface area contributed by atoms with Crippen molar-refractivity contribution in [3.8, 4) is 5.88 Å². The molecule has 1 aliphatic rings. The highest BCUT2D eigenvalue weighted by Gasteiger charge is 2.17. The number of pyridine rings is 1. The number of hydrogen-bond donors (Lipinski definition) is 1. The van der Waals surface area contributed by atoms with Gasteiger partial charge < -0.3 is 10.1 Å². The first-order valence-corrected chi connectivity index (χ1v) is 7.46. The van der Waals surface area contributed by atoms with Gasteiger partial charge in [0, 0.05) is 17.6 Å². The van der Waals surface area contributed by atoms with Gasteiger partial charge in [-0.2, -0.15) is 0 Å². The lowest BCUT2D eigenvalue weighted by Gasteiger charge is -2.21. The van der Waals surface area contributed by atoms with Gasteiger partial charge in [0.05, 0.1) is 12.8 Å². The summed E-state index contributed by atoms with van der Waals surface area (Å²) >= 11 is 0. The van der Waals surface area contributed by atoms with Crippen LogP contribution in [0.15, 0.2) is 12.3 Å². The van der Waals surface area contributed by atoms with Gasteiger partial charge >= 0.3 is 0 Å². The summed E-state index contributed by atoms with van der Waals surface area (Å²) in [7, 11) is 0. The van der Waals surface area contributed by atoms with E-state index in [-0.39, 0.29) is 11.4 Å². The molecule has 1 fully saturated rings. The molecule has 1 heterocycles. The lowest BCUT2D eigenvalue weighted by atomic mass is 10.1. The Kier molecular flexibility index (Phi) is 4.97. The van der Waals surface area contributed by atoms with Gasteiger partial charge in [0.25, 0.3) is 0 Å². The molecule has 3 nitrogen and oxygen atoms in total. The molecule has 1 aliphatic carbocycles. The van der Waals surface area contributed by atoms with E-state index in [1.807, 2.05) is 0 Å². The minimum atomic E-state index is -0.316. The maximum atomic E-state index is 13.4. The molecular formula is C16H25FN2O. The quantitative estimate of drug-likeness (QED) is 0.893. The van der Waals surface area contributed by atoms with Crippen LogP contribution in [0.4, 0.5) is 4.39 Å². The molecule has 0 spiro atoms. The van der Waals surface area contributed by atoms with E-state index < -0.39 is 0 Å². The highest BCUT2D eigenvalue weighted by molar-refractivity contribution is 5.26. The van der Waals surface area contributed by atoms with Crippen LogP contribution in [0.2, 0.25) is 0 Å². The number of rotatable bonds is 5. The minimum Gasteiger partial charge on any atom is -0.477 e. The normalized spacial score (nSPS) is 16.6. The maximum absolute atomic E-state index is 13.4. The van der Waals surface area contributed by atoms with Crippen LogP contribution < -0.4 is 10.1 Å². The predicted octanol–water partition coefficient (Wildman–Crippen LogP) is 3.68. The Labute approximate surface area is 120 Å². The molecule has 1 N–H and O–H groups in total. The van der Waals surface area contributed by atoms with Crippen molar-refractivity contribution in [3.05, 3.63) is 23.6 Å². The fourth-order valence-electron chi connectivity index (χ4n) is 2.46. The van der Waals surface area contributed by atoms with Gasteiger partial charge in [-0.3, -0.25) is 0 Å². The Morgan fingerprint density at radius 3 is 2.70 bits per heavy atom. The first-order valence-electron chi connectivity index (χ1n) is 7.46. The number of aromatic nitrogens is 1. The second-order valence-corrected chi connectivity index (χ2v) is 6.68. The molecule has 0 bridgehead atoms. The fraction of sp³-hybridized carbons (Fsp3) is 0.688. The van der Waals surface area contributed by atoms with Crippen molar-refractivity contribution in [1.82, 2.24) is 10.3 Å². The van der Waals surface area contributed by atoms with Crippen LogP contribution in [0.1, 0.15) is 52.0 Å². The van der Waals surface area contributed by atoms with Gasteiger partial charge in [0.2, 0.25) is 5.88 Å². The summed E-state index contributed by atoms with van der Waals surface area (Å²) in [6.45, 7) is 7.51. The van der Waals surface area contributed by atoms with Gasteiger partial charge in [-0.25, -0.2) is 9.37 Å². The van der Waals surface area contributed by atoms with E-state index in [9.17, 15) is 4.39 Å². The number of halogens is 1. The highest BCUT2D eigenvalue weighted by atomic mass is 19.1. The van der Waals surface area contributed by atoms with E-state index in [0.29, 0.717) is 24.9 Å². The lowest BCUT2D eigenvalue weighted by Crippen LogP contribution is -2.35. The Morgan fingerprint density at radius 2 is 2.05 bits per heavy atom. The molecule has 2 rings (SSSR count). The molecule has 0 aromatic carbocycles. The van der Waals surface area contributed by atoms with Crippen LogP contribution in [0.25, 0.3) is 0 Å². The summed E-state index contributed by atoms with van der Waals surface area (Å²) < 4.78 is 19.2. The number of nitrogens with one attached hydrogen (secondary N) is 1. The molecule has 0 amide bonds. The predicted molar refractivity (Wildman–Crippen MR) is 78.2 cm³/mol. The van der Waals surface area contributed by atoms with Crippen molar-refractivity contribution in [2.24, 2.45) is 5.92 Å². The largest absolute Gasteiger partial charge is 0.477 e. The standard InChI is InChI=1S/C16H25FN2O/c1-16(2,3)19-9-13-8-14(17)10-18-15(13)20-11-12-6-4-5-7-12/h8,10,12,19H,4-7,9,11H2,1-3H3. The summed E-state index contributed by atoms with van der Waals surface area (Å²) in [4.78, 5) is 4.10. The molecule has 1 saturated carbocycles. The molecule has 1 aromatic rings. The van der Waals surface area contributed by atoms with Crippen LogP contribution >= 0.6 is 0 Å². The number of ether oxygens (including phenoxy) is 1. The smallest absolute Gasteiger partial charge is 0.218 e. The van der Waals surface area contributed by atoms with Crippen molar-refractivity contribution in [1.29, 1.82) is 0 Å². The van der Waals surface area contributed by atoms with Crippen molar-refractivity contribution >= 4 is 0 Å². The zero-order chi connectivity index (χ0) is 14.6. The van der Waals surface area contributed by atoms with Gasteiger partial charge in [0.15, 0.2) is 0 Å². The first kappa shape index (κ1) is 15.2. The Hall–Kier alpha value is -1.16. The average molecular weight is 280 g/mol. The summed E-state index contributed by atoms with van der Waals surface area (Å²) in [6.07, 6.45) is 6.28. The van der Waals surface area contributed by atoms with E-state index >= 15 is 0 Å². The summed E-state index contributed by atoms with van der Waals surface area (Å²) in [5, 5.41) is 3.35. The van der Waals surface area contributed by atoms with Crippen molar-refractivity contribution in [3.63, 3.8) is 0 Å². The van der Waals surface area contributed by atoms with Crippen molar-refractivity contribution < 1.29 is 9.13 Å². The molecule has 4 heteroatoms. The Morgan fingerprint density at radius 1 is 1.35 bits per heavy atom. The molecule has 0 unspecified atom stereocenters. The van der Waals surface area contributed by atoms with Gasteiger partial charge in [0.1, 0.15) is 5.82 Å². The molecule has 1 aromatic heterocycles. The average Bonchev–Trinajstić information content (AvgIpc) is 2.87. The molecule has 0 radical (unpaired) electrons. The topological polar surface area (TPSA) is 34.2 Å². The van der Waals surface area contributed by atoms with Gasteiger partial charge in [-0.05, 0) is 45.6 Å². The zero-order valence-electron chi connectivity index (χ0n) is 12.7. The summed E-state index contributed by atoms with van der Waals surface area (Å²) in [5.74, 6) is 0.879. The highest BCUT2D eigenvalue weighted by Crippen LogP contribution is 2.26. The van der Waals surface area contributed by atoms with E-state index in [4.69, 9.17) is 4.74 Å². The first-order chi connectivity index (χ1) is 9.44.